The van der Waals surface area contributed by atoms with E-state index < -0.39 is 0 Å². The number of hydrogen-bond donors (Lipinski definition) is 0. The second-order valence-corrected chi connectivity index (χ2v) is 6.95. The van der Waals surface area contributed by atoms with Crippen molar-refractivity contribution in [1.82, 2.24) is 0 Å². The first kappa shape index (κ1) is 17.5. The van der Waals surface area contributed by atoms with Crippen LogP contribution in [0.5, 0.6) is 5.75 Å². The summed E-state index contributed by atoms with van der Waals surface area (Å²) in [6.45, 7) is 11.8. The van der Waals surface area contributed by atoms with Gasteiger partial charge in [-0.05, 0) is 44.4 Å². The van der Waals surface area contributed by atoms with Crippen LogP contribution in [-0.2, 0) is 9.53 Å². The molecule has 1 fully saturated rings. The summed E-state index contributed by atoms with van der Waals surface area (Å²) in [7, 11) is 0. The molecule has 0 amide bonds. The molecule has 0 aromatic heterocycles. The van der Waals surface area contributed by atoms with Gasteiger partial charge in [0.1, 0.15) is 5.75 Å². The maximum Gasteiger partial charge on any atom is 0.308 e. The monoisotopic (exact) mass is 314 g/mol. The molecule has 2 unspecified atom stereocenters. The van der Waals surface area contributed by atoms with Crippen LogP contribution in [0.3, 0.4) is 0 Å². The van der Waals surface area contributed by atoms with Crippen LogP contribution >= 0.6 is 0 Å². The predicted octanol–water partition coefficient (Wildman–Crippen LogP) is 4.78. The van der Waals surface area contributed by atoms with Gasteiger partial charge in [0.2, 0.25) is 0 Å². The minimum absolute atomic E-state index is 0.0400. The van der Waals surface area contributed by atoms with Gasteiger partial charge in [-0.25, -0.2) is 0 Å². The number of hydrogen-bond acceptors (Lipinski definition) is 3. The van der Waals surface area contributed by atoms with E-state index >= 15 is 0 Å². The van der Waals surface area contributed by atoms with Gasteiger partial charge >= 0.3 is 5.97 Å². The molecule has 2 atom stereocenters. The van der Waals surface area contributed by atoms with Crippen LogP contribution in [0.15, 0.2) is 43.0 Å². The SMILES string of the molecule is C=CC(C)(/C=C/c1ccc(OC(C)=O)cc1)CCC1OC1(C)C. The van der Waals surface area contributed by atoms with Gasteiger partial charge in [-0.1, -0.05) is 37.3 Å². The van der Waals surface area contributed by atoms with E-state index in [1.54, 1.807) is 12.1 Å². The molecule has 2 rings (SSSR count). The van der Waals surface area contributed by atoms with Gasteiger partial charge < -0.3 is 9.47 Å². The number of ether oxygens (including phenoxy) is 2. The molecule has 0 spiro atoms. The molecule has 1 aliphatic rings. The highest BCUT2D eigenvalue weighted by Crippen LogP contribution is 2.41. The Labute approximate surface area is 139 Å². The van der Waals surface area contributed by atoms with Gasteiger partial charge in [-0.15, -0.1) is 6.58 Å². The molecule has 1 aliphatic heterocycles. The zero-order valence-corrected chi connectivity index (χ0v) is 14.5. The highest BCUT2D eigenvalue weighted by Gasteiger charge is 2.47. The Morgan fingerprint density at radius 1 is 1.39 bits per heavy atom. The van der Waals surface area contributed by atoms with Gasteiger partial charge in [0.05, 0.1) is 11.7 Å². The normalized spacial score (nSPS) is 21.7. The van der Waals surface area contributed by atoms with Crippen LogP contribution in [0.4, 0.5) is 0 Å². The summed E-state index contributed by atoms with van der Waals surface area (Å²) in [6, 6.07) is 7.47. The van der Waals surface area contributed by atoms with E-state index in [1.807, 2.05) is 18.2 Å². The molecule has 3 nitrogen and oxygen atoms in total. The summed E-state index contributed by atoms with van der Waals surface area (Å²) in [6.07, 6.45) is 8.65. The van der Waals surface area contributed by atoms with Crippen molar-refractivity contribution in [3.05, 3.63) is 48.6 Å². The average Bonchev–Trinajstić information content (AvgIpc) is 3.11. The molecule has 0 radical (unpaired) electrons. The zero-order valence-electron chi connectivity index (χ0n) is 14.5. The molecule has 0 saturated carbocycles. The topological polar surface area (TPSA) is 38.8 Å². The number of carbonyl (C=O) groups is 1. The van der Waals surface area contributed by atoms with Gasteiger partial charge in [0.25, 0.3) is 0 Å². The van der Waals surface area contributed by atoms with E-state index in [0.29, 0.717) is 11.9 Å². The van der Waals surface area contributed by atoms with Crippen molar-refractivity contribution in [3.8, 4) is 5.75 Å². The number of allylic oxidation sites excluding steroid dienone is 2. The van der Waals surface area contributed by atoms with Crippen LogP contribution < -0.4 is 4.74 Å². The van der Waals surface area contributed by atoms with Crippen LogP contribution in [0.2, 0.25) is 0 Å². The fourth-order valence-electron chi connectivity index (χ4n) is 2.53. The lowest BCUT2D eigenvalue weighted by Crippen LogP contribution is -2.12. The number of benzene rings is 1. The van der Waals surface area contributed by atoms with Crippen LogP contribution in [0, 0.1) is 5.41 Å². The standard InChI is InChI=1S/C20H26O3/c1-6-20(5,14-12-18-19(3,4)23-18)13-11-16-7-9-17(10-8-16)22-15(2)21/h6-11,13,18H,1,12,14H2,2-5H3/b13-11+. The summed E-state index contributed by atoms with van der Waals surface area (Å²) < 4.78 is 10.7. The maximum absolute atomic E-state index is 10.9. The van der Waals surface area contributed by atoms with Crippen molar-refractivity contribution in [2.75, 3.05) is 0 Å². The first-order valence-electron chi connectivity index (χ1n) is 8.03. The van der Waals surface area contributed by atoms with Gasteiger partial charge in [0.15, 0.2) is 0 Å². The van der Waals surface area contributed by atoms with E-state index in [-0.39, 0.29) is 17.0 Å². The Balaban J connectivity index is 1.95. The van der Waals surface area contributed by atoms with E-state index in [0.717, 1.165) is 18.4 Å². The third-order valence-electron chi connectivity index (χ3n) is 4.37. The van der Waals surface area contributed by atoms with Crippen LogP contribution in [-0.4, -0.2) is 17.7 Å². The molecule has 3 heteroatoms. The molecule has 124 valence electrons. The minimum atomic E-state index is -0.308. The largest absolute Gasteiger partial charge is 0.427 e. The maximum atomic E-state index is 10.9. The first-order chi connectivity index (χ1) is 10.7. The van der Waals surface area contributed by atoms with Crippen molar-refractivity contribution < 1.29 is 14.3 Å². The molecule has 1 saturated heterocycles. The molecule has 0 N–H and O–H groups in total. The van der Waals surface area contributed by atoms with Gasteiger partial charge in [0, 0.05) is 12.3 Å². The van der Waals surface area contributed by atoms with Crippen LogP contribution in [0.25, 0.3) is 6.08 Å². The number of rotatable bonds is 7. The van der Waals surface area contributed by atoms with E-state index in [4.69, 9.17) is 9.47 Å². The fourth-order valence-corrected chi connectivity index (χ4v) is 2.53. The fraction of sp³-hybridized carbons (Fsp3) is 0.450. The Hall–Kier alpha value is -1.87. The molecular formula is C20H26O3. The van der Waals surface area contributed by atoms with Crippen molar-refractivity contribution in [2.24, 2.45) is 5.41 Å². The summed E-state index contributed by atoms with van der Waals surface area (Å²) in [5.41, 5.74) is 1.05. The van der Waals surface area contributed by atoms with Gasteiger partial charge in [-0.3, -0.25) is 4.79 Å². The number of epoxide rings is 1. The van der Waals surface area contributed by atoms with Crippen LogP contribution in [0.1, 0.15) is 46.1 Å². The lowest BCUT2D eigenvalue weighted by atomic mass is 9.83. The summed E-state index contributed by atoms with van der Waals surface area (Å²) in [5, 5.41) is 0. The van der Waals surface area contributed by atoms with E-state index in [2.05, 4.69) is 39.5 Å². The highest BCUT2D eigenvalue weighted by molar-refractivity contribution is 5.69. The second-order valence-electron chi connectivity index (χ2n) is 6.95. The van der Waals surface area contributed by atoms with E-state index in [9.17, 15) is 4.79 Å². The quantitative estimate of drug-likeness (QED) is 0.315. The molecule has 1 aromatic rings. The van der Waals surface area contributed by atoms with E-state index in [1.165, 1.54) is 6.92 Å². The van der Waals surface area contributed by atoms with Crippen molar-refractivity contribution in [3.63, 3.8) is 0 Å². The summed E-state index contributed by atoms with van der Waals surface area (Å²) in [5.74, 6) is 0.256. The lowest BCUT2D eigenvalue weighted by molar-refractivity contribution is -0.131. The Morgan fingerprint density at radius 2 is 2.00 bits per heavy atom. The highest BCUT2D eigenvalue weighted by atomic mass is 16.6. The Kier molecular flexibility index (Phi) is 5.10. The first-order valence-corrected chi connectivity index (χ1v) is 8.03. The number of carbonyl (C=O) groups excluding carboxylic acids is 1. The van der Waals surface area contributed by atoms with Crippen molar-refractivity contribution in [1.29, 1.82) is 0 Å². The van der Waals surface area contributed by atoms with Crippen molar-refractivity contribution in [2.45, 2.75) is 52.2 Å². The predicted molar refractivity (Wildman–Crippen MR) is 93.3 cm³/mol. The average molecular weight is 314 g/mol. The smallest absolute Gasteiger partial charge is 0.308 e. The van der Waals surface area contributed by atoms with Crippen molar-refractivity contribution >= 4 is 12.0 Å². The molecule has 23 heavy (non-hydrogen) atoms. The lowest BCUT2D eigenvalue weighted by Gasteiger charge is -2.21. The summed E-state index contributed by atoms with van der Waals surface area (Å²) >= 11 is 0. The van der Waals surface area contributed by atoms with Gasteiger partial charge in [-0.2, -0.15) is 0 Å². The molecule has 1 aromatic carbocycles. The zero-order chi connectivity index (χ0) is 17.1. The second kappa shape index (κ2) is 6.71. The molecule has 0 bridgehead atoms. The number of esters is 1. The third kappa shape index (κ3) is 5.07. The minimum Gasteiger partial charge on any atom is -0.427 e. The molecule has 1 heterocycles. The Bertz CT molecular complexity index is 598. The third-order valence-corrected chi connectivity index (χ3v) is 4.37. The molecular weight excluding hydrogens is 288 g/mol. The Morgan fingerprint density at radius 3 is 2.48 bits per heavy atom. The molecule has 0 aliphatic carbocycles. The summed E-state index contributed by atoms with van der Waals surface area (Å²) in [4.78, 5) is 10.9.